The number of nitrogens with zero attached hydrogens (tertiary/aromatic N) is 1. The summed E-state index contributed by atoms with van der Waals surface area (Å²) in [4.78, 5) is 20.7. The zero-order valence-electron chi connectivity index (χ0n) is 14.4. The molecule has 0 bridgehead atoms. The van der Waals surface area contributed by atoms with Crippen LogP contribution < -0.4 is 10.1 Å². The van der Waals surface area contributed by atoms with Crippen LogP contribution in [0.4, 0.5) is 5.69 Å². The lowest BCUT2D eigenvalue weighted by Crippen LogP contribution is -2.17. The summed E-state index contributed by atoms with van der Waals surface area (Å²) in [5.74, 6) is 0.348. The van der Waals surface area contributed by atoms with Crippen LogP contribution in [-0.4, -0.2) is 25.3 Å². The van der Waals surface area contributed by atoms with Gasteiger partial charge in [0, 0.05) is 24.4 Å². The molecule has 0 aliphatic heterocycles. The van der Waals surface area contributed by atoms with Gasteiger partial charge < -0.3 is 10.1 Å². The van der Waals surface area contributed by atoms with Crippen LogP contribution in [0.5, 0.6) is 5.75 Å². The van der Waals surface area contributed by atoms with Crippen LogP contribution in [0.2, 0.25) is 0 Å². The minimum atomic E-state index is -0.344. The van der Waals surface area contributed by atoms with Crippen molar-refractivity contribution in [3.8, 4) is 5.75 Å². The van der Waals surface area contributed by atoms with Crippen LogP contribution in [0.15, 0.2) is 53.7 Å². The average molecular weight is 342 g/mol. The number of nitrogens with one attached hydrogen (secondary N) is 1. The largest absolute Gasteiger partial charge is 0.493 e. The third-order valence-corrected chi connectivity index (χ3v) is 3.29. The molecule has 0 atom stereocenters. The fourth-order valence-electron chi connectivity index (χ4n) is 2.06. The van der Waals surface area contributed by atoms with Gasteiger partial charge in [0.1, 0.15) is 5.75 Å². The molecule has 6 nitrogen and oxygen atoms in total. The van der Waals surface area contributed by atoms with Crippen molar-refractivity contribution in [2.45, 2.75) is 20.3 Å². The Morgan fingerprint density at radius 3 is 2.76 bits per heavy atom. The summed E-state index contributed by atoms with van der Waals surface area (Å²) in [6.07, 6.45) is 2.23. The Morgan fingerprint density at radius 2 is 2.00 bits per heavy atom. The van der Waals surface area contributed by atoms with Crippen molar-refractivity contribution in [2.75, 3.05) is 18.5 Å². The maximum absolute atomic E-state index is 11.7. The van der Waals surface area contributed by atoms with Gasteiger partial charge in [-0.3, -0.25) is 4.79 Å². The molecule has 0 spiro atoms. The van der Waals surface area contributed by atoms with Crippen molar-refractivity contribution < 1.29 is 19.4 Å². The summed E-state index contributed by atoms with van der Waals surface area (Å²) >= 11 is 0. The van der Waals surface area contributed by atoms with Gasteiger partial charge in [-0.05, 0) is 31.5 Å². The number of anilines is 1. The van der Waals surface area contributed by atoms with E-state index in [0.717, 1.165) is 6.42 Å². The van der Waals surface area contributed by atoms with Gasteiger partial charge in [0.15, 0.2) is 6.61 Å². The summed E-state index contributed by atoms with van der Waals surface area (Å²) in [6, 6.07) is 15.6. The molecule has 132 valence electrons. The van der Waals surface area contributed by atoms with E-state index in [1.54, 1.807) is 19.1 Å². The van der Waals surface area contributed by atoms with Gasteiger partial charge in [0.25, 0.3) is 5.91 Å². The zero-order chi connectivity index (χ0) is 17.9. The van der Waals surface area contributed by atoms with Gasteiger partial charge in [-0.2, -0.15) is 4.89 Å². The van der Waals surface area contributed by atoms with Crippen molar-refractivity contribution in [3.63, 3.8) is 0 Å². The Labute approximate surface area is 147 Å². The van der Waals surface area contributed by atoms with Crippen LogP contribution in [0.1, 0.15) is 18.1 Å². The first kappa shape index (κ1) is 18.5. The molecule has 0 heterocycles. The second-order valence-electron chi connectivity index (χ2n) is 5.36. The predicted molar refractivity (Wildman–Crippen MR) is 96.7 cm³/mol. The molecule has 0 aromatic heterocycles. The first-order valence-electron chi connectivity index (χ1n) is 8.02. The van der Waals surface area contributed by atoms with Crippen molar-refractivity contribution in [2.24, 2.45) is 5.16 Å². The number of hydrogen-bond donors (Lipinski definition) is 1. The van der Waals surface area contributed by atoms with E-state index in [9.17, 15) is 4.79 Å². The predicted octanol–water partition coefficient (Wildman–Crippen LogP) is 3.51. The highest BCUT2D eigenvalue weighted by Crippen LogP contribution is 2.17. The second-order valence-corrected chi connectivity index (χ2v) is 5.36. The highest BCUT2D eigenvalue weighted by molar-refractivity contribution is 5.91. The van der Waals surface area contributed by atoms with E-state index in [1.165, 1.54) is 17.3 Å². The quantitative estimate of drug-likeness (QED) is 0.328. The van der Waals surface area contributed by atoms with Crippen molar-refractivity contribution in [1.82, 2.24) is 0 Å². The first-order chi connectivity index (χ1) is 12.2. The summed E-state index contributed by atoms with van der Waals surface area (Å²) in [5, 5.41) is 6.08. The van der Waals surface area contributed by atoms with E-state index in [-0.39, 0.29) is 12.5 Å². The summed E-state index contributed by atoms with van der Waals surface area (Å²) in [6.45, 7) is 4.05. The molecule has 0 saturated heterocycles. The Morgan fingerprint density at radius 1 is 1.20 bits per heavy atom. The third kappa shape index (κ3) is 7.05. The fourth-order valence-corrected chi connectivity index (χ4v) is 2.06. The number of amides is 1. The highest BCUT2D eigenvalue weighted by Gasteiger charge is 2.05. The molecule has 0 aliphatic carbocycles. The summed E-state index contributed by atoms with van der Waals surface area (Å²) in [5.41, 5.74) is 3.09. The van der Waals surface area contributed by atoms with E-state index in [0.29, 0.717) is 18.0 Å². The van der Waals surface area contributed by atoms with Crippen LogP contribution in [0, 0.1) is 6.92 Å². The minimum absolute atomic E-state index is 0.254. The van der Waals surface area contributed by atoms with E-state index in [2.05, 4.69) is 51.5 Å². The molecule has 2 aromatic carbocycles. The number of carbonyl (C=O) groups excluding carboxylic acids is 1. The molecular weight excluding hydrogens is 320 g/mol. The van der Waals surface area contributed by atoms with Crippen LogP contribution >= 0.6 is 0 Å². The maximum atomic E-state index is 11.7. The molecule has 0 saturated carbocycles. The monoisotopic (exact) mass is 342 g/mol. The smallest absolute Gasteiger partial charge is 0.254 e. The van der Waals surface area contributed by atoms with Gasteiger partial charge in [-0.1, -0.05) is 41.1 Å². The lowest BCUT2D eigenvalue weighted by molar-refractivity contribution is -0.289. The van der Waals surface area contributed by atoms with Gasteiger partial charge in [-0.15, -0.1) is 0 Å². The maximum Gasteiger partial charge on any atom is 0.254 e. The van der Waals surface area contributed by atoms with Gasteiger partial charge >= 0.3 is 0 Å². The molecule has 0 unspecified atom stereocenters. The average Bonchev–Trinajstić information content (AvgIpc) is 2.61. The Bertz CT molecular complexity index is 699. The van der Waals surface area contributed by atoms with Crippen molar-refractivity contribution in [1.29, 1.82) is 0 Å². The fraction of sp³-hybridized carbons (Fsp3) is 0.263. The molecule has 1 amide bonds. The molecule has 2 aromatic rings. The Balaban J connectivity index is 1.78. The highest BCUT2D eigenvalue weighted by atomic mass is 17.3. The molecule has 1 N–H and O–H groups in total. The normalized spacial score (nSPS) is 10.6. The summed E-state index contributed by atoms with van der Waals surface area (Å²) in [7, 11) is 0. The molecule has 0 aliphatic rings. The SMILES string of the molecule is CC=NOOCC(=O)Nc1cccc(OCCc2ccc(C)cc2)c1. The van der Waals surface area contributed by atoms with E-state index in [4.69, 9.17) is 4.74 Å². The lowest BCUT2D eigenvalue weighted by atomic mass is 10.1. The standard InChI is InChI=1S/C19H22N2O4/c1-3-20-25-24-14-19(22)21-17-5-4-6-18(13-17)23-12-11-16-9-7-15(2)8-10-16/h3-10,13H,11-12,14H2,1-2H3,(H,21,22). The molecule has 0 radical (unpaired) electrons. The van der Waals surface area contributed by atoms with Crippen molar-refractivity contribution in [3.05, 3.63) is 59.7 Å². The number of benzene rings is 2. The topological polar surface area (TPSA) is 69.2 Å². The molecule has 25 heavy (non-hydrogen) atoms. The number of aryl methyl sites for hydroxylation is 1. The van der Waals surface area contributed by atoms with Crippen LogP contribution in [0.25, 0.3) is 0 Å². The van der Waals surface area contributed by atoms with Crippen LogP contribution in [-0.2, 0) is 21.1 Å². The first-order valence-corrected chi connectivity index (χ1v) is 8.02. The number of rotatable bonds is 9. The molecular formula is C19H22N2O4. The zero-order valence-corrected chi connectivity index (χ0v) is 14.4. The Kier molecular flexibility index (Phi) is 7.46. The number of oxime groups is 1. The number of ether oxygens (including phenoxy) is 1. The molecule has 2 rings (SSSR count). The Hall–Kier alpha value is -2.86. The number of hydrogen-bond acceptors (Lipinski definition) is 5. The van der Waals surface area contributed by atoms with Gasteiger partial charge in [0.2, 0.25) is 0 Å². The van der Waals surface area contributed by atoms with Gasteiger partial charge in [-0.25, -0.2) is 4.99 Å². The summed E-state index contributed by atoms with van der Waals surface area (Å²) < 4.78 is 5.75. The second kappa shape index (κ2) is 10.1. The van der Waals surface area contributed by atoms with E-state index in [1.807, 2.05) is 12.1 Å². The van der Waals surface area contributed by atoms with E-state index >= 15 is 0 Å². The number of carbonyl (C=O) groups is 1. The minimum Gasteiger partial charge on any atom is -0.493 e. The molecule has 6 heteroatoms. The molecule has 0 fully saturated rings. The van der Waals surface area contributed by atoms with Crippen molar-refractivity contribution >= 4 is 17.8 Å². The lowest BCUT2D eigenvalue weighted by Gasteiger charge is -2.09. The van der Waals surface area contributed by atoms with E-state index < -0.39 is 0 Å². The third-order valence-electron chi connectivity index (χ3n) is 3.29. The van der Waals surface area contributed by atoms with Crippen LogP contribution in [0.3, 0.4) is 0 Å². The van der Waals surface area contributed by atoms with Gasteiger partial charge in [0.05, 0.1) is 6.61 Å².